The van der Waals surface area contributed by atoms with E-state index in [9.17, 15) is 10.0 Å². The van der Waals surface area contributed by atoms with E-state index in [-0.39, 0.29) is 0 Å². The summed E-state index contributed by atoms with van der Waals surface area (Å²) in [5, 5.41) is 10.1. The molecule has 3 nitrogen and oxygen atoms in total. The Hall–Kier alpha value is -2.57. The highest BCUT2D eigenvalue weighted by Gasteiger charge is 2.10. The molecular weight excluding hydrogens is 262 g/mol. The normalized spacial score (nSPS) is 11.2. The maximum Gasteiger partial charge on any atom is 0.243 e. The number of hydrogen-bond acceptors (Lipinski definition) is 2. The van der Waals surface area contributed by atoms with Crippen molar-refractivity contribution in [1.29, 1.82) is 0 Å². The molecule has 3 heteroatoms. The van der Waals surface area contributed by atoms with E-state index in [4.69, 9.17) is 0 Å². The van der Waals surface area contributed by atoms with Crippen LogP contribution in [0.3, 0.4) is 0 Å². The summed E-state index contributed by atoms with van der Waals surface area (Å²) in [6.07, 6.45) is 0. The summed E-state index contributed by atoms with van der Waals surface area (Å²) in [7, 11) is 0. The number of amides is 1. The fourth-order valence-corrected chi connectivity index (χ4v) is 1.90. The Labute approximate surface area is 124 Å². The van der Waals surface area contributed by atoms with Crippen LogP contribution in [0.15, 0.2) is 54.6 Å². The molecule has 2 aromatic carbocycles. The third kappa shape index (κ3) is 3.95. The van der Waals surface area contributed by atoms with Crippen LogP contribution in [-0.2, 0) is 4.79 Å². The SMILES string of the molecule is CC(=O)N(O)C(C)C#Cc1ccc(-c2ccccc2)cc1. The van der Waals surface area contributed by atoms with Crippen molar-refractivity contribution in [3.63, 3.8) is 0 Å². The van der Waals surface area contributed by atoms with E-state index >= 15 is 0 Å². The Kier molecular flexibility index (Phi) is 4.76. The second-order valence-corrected chi connectivity index (χ2v) is 4.75. The van der Waals surface area contributed by atoms with E-state index in [1.54, 1.807) is 6.92 Å². The van der Waals surface area contributed by atoms with Gasteiger partial charge in [-0.2, -0.15) is 0 Å². The van der Waals surface area contributed by atoms with E-state index in [0.29, 0.717) is 5.06 Å². The predicted octanol–water partition coefficient (Wildman–Crippen LogP) is 3.33. The minimum atomic E-state index is -0.531. The Balaban J connectivity index is 2.12. The molecule has 1 N–H and O–H groups in total. The third-order valence-electron chi connectivity index (χ3n) is 3.11. The minimum absolute atomic E-state index is 0.420. The lowest BCUT2D eigenvalue weighted by Crippen LogP contribution is -2.32. The maximum atomic E-state index is 11.0. The molecule has 0 aliphatic carbocycles. The van der Waals surface area contributed by atoms with E-state index < -0.39 is 11.9 Å². The molecule has 0 aliphatic heterocycles. The molecule has 0 saturated heterocycles. The van der Waals surface area contributed by atoms with Crippen molar-refractivity contribution in [2.75, 3.05) is 0 Å². The molecule has 1 atom stereocenters. The van der Waals surface area contributed by atoms with E-state index in [2.05, 4.69) is 24.0 Å². The molecule has 1 unspecified atom stereocenters. The van der Waals surface area contributed by atoms with Gasteiger partial charge in [-0.05, 0) is 30.2 Å². The van der Waals surface area contributed by atoms with E-state index in [0.717, 1.165) is 16.7 Å². The minimum Gasteiger partial charge on any atom is -0.285 e. The lowest BCUT2D eigenvalue weighted by molar-refractivity contribution is -0.166. The second kappa shape index (κ2) is 6.74. The molecule has 0 aromatic heterocycles. The lowest BCUT2D eigenvalue weighted by Gasteiger charge is -2.15. The quantitative estimate of drug-likeness (QED) is 0.520. The summed E-state index contributed by atoms with van der Waals surface area (Å²) in [5.74, 6) is 5.38. The number of carbonyl (C=O) groups is 1. The van der Waals surface area contributed by atoms with Gasteiger partial charge >= 0.3 is 0 Å². The summed E-state index contributed by atoms with van der Waals surface area (Å²) in [6, 6.07) is 17.4. The van der Waals surface area contributed by atoms with Gasteiger partial charge in [-0.3, -0.25) is 10.0 Å². The van der Waals surface area contributed by atoms with Crippen LogP contribution < -0.4 is 0 Å². The lowest BCUT2D eigenvalue weighted by atomic mass is 10.0. The topological polar surface area (TPSA) is 40.5 Å². The van der Waals surface area contributed by atoms with Crippen LogP contribution in [-0.4, -0.2) is 22.2 Å². The van der Waals surface area contributed by atoms with Crippen molar-refractivity contribution in [3.8, 4) is 23.0 Å². The summed E-state index contributed by atoms with van der Waals surface area (Å²) in [4.78, 5) is 11.0. The first-order chi connectivity index (χ1) is 10.1. The molecule has 2 rings (SSSR count). The average molecular weight is 279 g/mol. The van der Waals surface area contributed by atoms with Gasteiger partial charge in [0.2, 0.25) is 5.91 Å². The van der Waals surface area contributed by atoms with Gasteiger partial charge in [0.1, 0.15) is 6.04 Å². The van der Waals surface area contributed by atoms with Gasteiger partial charge < -0.3 is 0 Å². The van der Waals surface area contributed by atoms with Crippen molar-refractivity contribution in [1.82, 2.24) is 5.06 Å². The fraction of sp³-hybridized carbons (Fsp3) is 0.167. The van der Waals surface area contributed by atoms with Crippen LogP contribution in [0.25, 0.3) is 11.1 Å². The number of rotatable bonds is 2. The van der Waals surface area contributed by atoms with Crippen molar-refractivity contribution >= 4 is 5.91 Å². The summed E-state index contributed by atoms with van der Waals surface area (Å²) in [5.41, 5.74) is 3.13. The summed E-state index contributed by atoms with van der Waals surface area (Å²) >= 11 is 0. The molecule has 0 spiro atoms. The van der Waals surface area contributed by atoms with Gasteiger partial charge in [0, 0.05) is 12.5 Å². The summed E-state index contributed by atoms with van der Waals surface area (Å²) in [6.45, 7) is 2.97. The number of hydrogen-bond donors (Lipinski definition) is 1. The highest BCUT2D eigenvalue weighted by atomic mass is 16.5. The Bertz CT molecular complexity index is 666. The van der Waals surface area contributed by atoms with Gasteiger partial charge in [-0.1, -0.05) is 54.3 Å². The van der Waals surface area contributed by atoms with Crippen molar-refractivity contribution in [2.45, 2.75) is 19.9 Å². The zero-order chi connectivity index (χ0) is 15.2. The van der Waals surface area contributed by atoms with Crippen molar-refractivity contribution in [3.05, 3.63) is 60.2 Å². The molecule has 0 heterocycles. The van der Waals surface area contributed by atoms with Gasteiger partial charge in [0.15, 0.2) is 0 Å². The average Bonchev–Trinajstić information content (AvgIpc) is 2.53. The first kappa shape index (κ1) is 14.8. The first-order valence-electron chi connectivity index (χ1n) is 6.73. The largest absolute Gasteiger partial charge is 0.285 e. The predicted molar refractivity (Wildman–Crippen MR) is 82.5 cm³/mol. The number of hydroxylamine groups is 2. The third-order valence-corrected chi connectivity index (χ3v) is 3.11. The molecule has 0 fully saturated rings. The number of benzene rings is 2. The van der Waals surface area contributed by atoms with Crippen LogP contribution in [0.1, 0.15) is 19.4 Å². The highest BCUT2D eigenvalue weighted by molar-refractivity contribution is 5.72. The number of carbonyl (C=O) groups excluding carboxylic acids is 1. The van der Waals surface area contributed by atoms with Gasteiger partial charge in [0.25, 0.3) is 0 Å². The fourth-order valence-electron chi connectivity index (χ4n) is 1.90. The molecular formula is C18H17NO2. The van der Waals surface area contributed by atoms with Crippen LogP contribution in [0.2, 0.25) is 0 Å². The zero-order valence-corrected chi connectivity index (χ0v) is 12.1. The molecule has 0 aliphatic rings. The molecule has 1 amide bonds. The molecule has 0 saturated carbocycles. The molecule has 106 valence electrons. The maximum absolute atomic E-state index is 11.0. The van der Waals surface area contributed by atoms with Crippen molar-refractivity contribution in [2.24, 2.45) is 0 Å². The molecule has 2 aromatic rings. The molecule has 21 heavy (non-hydrogen) atoms. The van der Waals surface area contributed by atoms with Gasteiger partial charge in [-0.25, -0.2) is 5.06 Å². The summed E-state index contributed by atoms with van der Waals surface area (Å²) < 4.78 is 0. The van der Waals surface area contributed by atoms with E-state index in [1.165, 1.54) is 6.92 Å². The van der Waals surface area contributed by atoms with Crippen molar-refractivity contribution < 1.29 is 10.0 Å². The Morgan fingerprint density at radius 3 is 2.19 bits per heavy atom. The second-order valence-electron chi connectivity index (χ2n) is 4.75. The monoisotopic (exact) mass is 279 g/mol. The van der Waals surface area contributed by atoms with Gasteiger partial charge in [0.05, 0.1) is 0 Å². The Morgan fingerprint density at radius 2 is 1.62 bits per heavy atom. The molecule has 0 radical (unpaired) electrons. The smallest absolute Gasteiger partial charge is 0.243 e. The van der Waals surface area contributed by atoms with Crippen LogP contribution >= 0.6 is 0 Å². The number of nitrogens with zero attached hydrogens (tertiary/aromatic N) is 1. The molecule has 0 bridgehead atoms. The highest BCUT2D eigenvalue weighted by Crippen LogP contribution is 2.18. The van der Waals surface area contributed by atoms with E-state index in [1.807, 2.05) is 42.5 Å². The van der Waals surface area contributed by atoms with Crippen LogP contribution in [0.4, 0.5) is 0 Å². The standard InChI is InChI=1S/C18H17NO2/c1-14(19(21)15(2)20)8-9-16-10-12-18(13-11-16)17-6-4-3-5-7-17/h3-7,10-14,21H,1-2H3. The van der Waals surface area contributed by atoms with Crippen LogP contribution in [0.5, 0.6) is 0 Å². The first-order valence-corrected chi connectivity index (χ1v) is 6.73. The Morgan fingerprint density at radius 1 is 1.05 bits per heavy atom. The van der Waals surface area contributed by atoms with Gasteiger partial charge in [-0.15, -0.1) is 0 Å². The van der Waals surface area contributed by atoms with Crippen LogP contribution in [0, 0.1) is 11.8 Å². The zero-order valence-electron chi connectivity index (χ0n) is 12.1.